The van der Waals surface area contributed by atoms with Gasteiger partial charge >= 0.3 is 0 Å². The fourth-order valence-electron chi connectivity index (χ4n) is 1.22. The normalized spacial score (nSPS) is 11.1. The number of halogens is 1. The molecular weight excluding hydrogens is 312 g/mol. The van der Waals surface area contributed by atoms with Crippen molar-refractivity contribution in [1.82, 2.24) is 5.32 Å². The molecule has 0 saturated heterocycles. The minimum Gasteiger partial charge on any atom is -0.393 e. The second-order valence-electron chi connectivity index (χ2n) is 4.89. The Labute approximate surface area is 121 Å². The van der Waals surface area contributed by atoms with Gasteiger partial charge in [0.1, 0.15) is 0 Å². The zero-order chi connectivity index (χ0) is 13.9. The Bertz CT molecular complexity index is 486. The average molecular weight is 329 g/mol. The summed E-state index contributed by atoms with van der Waals surface area (Å²) in [7, 11) is 0. The molecule has 0 heterocycles. The van der Waals surface area contributed by atoms with E-state index in [1.54, 1.807) is 12.1 Å². The maximum Gasteiger partial charge on any atom is 0.251 e. The van der Waals surface area contributed by atoms with Crippen molar-refractivity contribution in [2.24, 2.45) is 11.1 Å². The van der Waals surface area contributed by atoms with Gasteiger partial charge in [-0.2, -0.15) is 0 Å². The van der Waals surface area contributed by atoms with E-state index >= 15 is 0 Å². The summed E-state index contributed by atoms with van der Waals surface area (Å²) in [6.45, 7) is 6.20. The van der Waals surface area contributed by atoms with Crippen LogP contribution in [0, 0.1) is 12.3 Å². The molecule has 1 amide bonds. The summed E-state index contributed by atoms with van der Waals surface area (Å²) in [6.07, 6.45) is 0. The van der Waals surface area contributed by atoms with E-state index in [0.717, 1.165) is 10.0 Å². The predicted octanol–water partition coefficient (Wildman–Crippen LogP) is 2.80. The molecule has 18 heavy (non-hydrogen) atoms. The smallest absolute Gasteiger partial charge is 0.251 e. The second kappa shape index (κ2) is 5.80. The van der Waals surface area contributed by atoms with Crippen molar-refractivity contribution in [2.45, 2.75) is 20.8 Å². The van der Waals surface area contributed by atoms with Gasteiger partial charge in [-0.05, 0) is 24.6 Å². The minimum atomic E-state index is -0.382. The van der Waals surface area contributed by atoms with E-state index in [2.05, 4.69) is 21.2 Å². The molecule has 5 heteroatoms. The first-order chi connectivity index (χ1) is 8.24. The lowest BCUT2D eigenvalue weighted by Crippen LogP contribution is -2.41. The molecule has 0 fully saturated rings. The van der Waals surface area contributed by atoms with Crippen LogP contribution in [0.1, 0.15) is 29.8 Å². The van der Waals surface area contributed by atoms with Crippen molar-refractivity contribution in [1.29, 1.82) is 0 Å². The Balaban J connectivity index is 2.72. The third-order valence-electron chi connectivity index (χ3n) is 2.79. The molecule has 0 saturated carbocycles. The summed E-state index contributed by atoms with van der Waals surface area (Å²) in [5.41, 5.74) is 6.94. The summed E-state index contributed by atoms with van der Waals surface area (Å²) in [5, 5.41) is 2.84. The molecule has 3 N–H and O–H groups in total. The topological polar surface area (TPSA) is 55.1 Å². The van der Waals surface area contributed by atoms with Crippen molar-refractivity contribution in [3.05, 3.63) is 33.8 Å². The lowest BCUT2D eigenvalue weighted by atomic mass is 9.93. The van der Waals surface area contributed by atoms with Gasteiger partial charge in [0.25, 0.3) is 5.91 Å². The van der Waals surface area contributed by atoms with E-state index in [1.807, 2.05) is 26.8 Å². The van der Waals surface area contributed by atoms with Crippen LogP contribution in [0.4, 0.5) is 0 Å². The molecule has 0 aliphatic rings. The molecule has 0 aliphatic heterocycles. The fourth-order valence-corrected chi connectivity index (χ4v) is 1.68. The van der Waals surface area contributed by atoms with Gasteiger partial charge in [0.15, 0.2) is 0 Å². The van der Waals surface area contributed by atoms with Crippen LogP contribution >= 0.6 is 28.1 Å². The number of amides is 1. The summed E-state index contributed by atoms with van der Waals surface area (Å²) >= 11 is 8.36. The largest absolute Gasteiger partial charge is 0.393 e. The van der Waals surface area contributed by atoms with E-state index in [4.69, 9.17) is 18.0 Å². The minimum absolute atomic E-state index is 0.125. The SMILES string of the molecule is Cc1ccc(C(=O)NCC(C)(C)C(N)=S)cc1Br. The van der Waals surface area contributed by atoms with Crippen molar-refractivity contribution in [2.75, 3.05) is 6.54 Å². The number of nitrogens with two attached hydrogens (primary N) is 1. The number of hydrogen-bond acceptors (Lipinski definition) is 2. The van der Waals surface area contributed by atoms with E-state index in [-0.39, 0.29) is 11.3 Å². The van der Waals surface area contributed by atoms with Crippen LogP contribution in [0.2, 0.25) is 0 Å². The highest BCUT2D eigenvalue weighted by molar-refractivity contribution is 9.10. The number of carbonyl (C=O) groups excluding carboxylic acids is 1. The highest BCUT2D eigenvalue weighted by Crippen LogP contribution is 2.18. The second-order valence-corrected chi connectivity index (χ2v) is 6.19. The maximum absolute atomic E-state index is 12.0. The quantitative estimate of drug-likeness (QED) is 0.835. The lowest BCUT2D eigenvalue weighted by Gasteiger charge is -2.23. The number of carbonyl (C=O) groups is 1. The van der Waals surface area contributed by atoms with Crippen LogP contribution < -0.4 is 11.1 Å². The Kier molecular flexibility index (Phi) is 4.87. The van der Waals surface area contributed by atoms with Gasteiger partial charge < -0.3 is 11.1 Å². The van der Waals surface area contributed by atoms with Crippen LogP contribution in [0.3, 0.4) is 0 Å². The summed E-state index contributed by atoms with van der Waals surface area (Å²) < 4.78 is 0.920. The number of nitrogens with one attached hydrogen (secondary N) is 1. The Morgan fingerprint density at radius 3 is 2.61 bits per heavy atom. The lowest BCUT2D eigenvalue weighted by molar-refractivity contribution is 0.0945. The Morgan fingerprint density at radius 1 is 1.50 bits per heavy atom. The monoisotopic (exact) mass is 328 g/mol. The molecule has 0 atom stereocenters. The number of thiocarbonyl (C=S) groups is 1. The van der Waals surface area contributed by atoms with Gasteiger partial charge in [0.2, 0.25) is 0 Å². The Morgan fingerprint density at radius 2 is 2.11 bits per heavy atom. The molecule has 0 bridgehead atoms. The van der Waals surface area contributed by atoms with Crippen LogP contribution in [-0.2, 0) is 0 Å². The molecule has 0 unspecified atom stereocenters. The van der Waals surface area contributed by atoms with Gasteiger partial charge in [-0.1, -0.05) is 48.1 Å². The Hall–Kier alpha value is -0.940. The summed E-state index contributed by atoms with van der Waals surface area (Å²) in [5.74, 6) is -0.125. The zero-order valence-corrected chi connectivity index (χ0v) is 13.1. The first-order valence-electron chi connectivity index (χ1n) is 5.58. The third-order valence-corrected chi connectivity index (χ3v) is 4.20. The van der Waals surface area contributed by atoms with E-state index in [1.165, 1.54) is 0 Å². The third kappa shape index (κ3) is 3.78. The molecule has 98 valence electrons. The average Bonchev–Trinajstić information content (AvgIpc) is 2.29. The number of hydrogen-bond donors (Lipinski definition) is 2. The van der Waals surface area contributed by atoms with E-state index in [9.17, 15) is 4.79 Å². The molecule has 3 nitrogen and oxygen atoms in total. The van der Waals surface area contributed by atoms with Crippen molar-refractivity contribution in [3.8, 4) is 0 Å². The fraction of sp³-hybridized carbons (Fsp3) is 0.385. The zero-order valence-electron chi connectivity index (χ0n) is 10.7. The van der Waals surface area contributed by atoms with Crippen LogP contribution in [0.25, 0.3) is 0 Å². The first-order valence-corrected chi connectivity index (χ1v) is 6.78. The molecule has 1 aromatic carbocycles. The predicted molar refractivity (Wildman–Crippen MR) is 81.8 cm³/mol. The molecule has 0 spiro atoms. The summed E-state index contributed by atoms with van der Waals surface area (Å²) in [4.78, 5) is 12.4. The molecule has 0 aromatic heterocycles. The van der Waals surface area contributed by atoms with Crippen molar-refractivity contribution < 1.29 is 4.79 Å². The molecule has 1 aromatic rings. The molecular formula is C13H17BrN2OS. The van der Waals surface area contributed by atoms with Crippen molar-refractivity contribution in [3.63, 3.8) is 0 Å². The van der Waals surface area contributed by atoms with Gasteiger partial charge in [0.05, 0.1) is 4.99 Å². The highest BCUT2D eigenvalue weighted by atomic mass is 79.9. The standard InChI is InChI=1S/C13H17BrN2OS/c1-8-4-5-9(6-10(8)14)11(17)16-7-13(2,3)12(15)18/h4-6H,7H2,1-3H3,(H2,15,18)(H,16,17). The number of aryl methyl sites for hydroxylation is 1. The van der Waals surface area contributed by atoms with Gasteiger partial charge in [-0.3, -0.25) is 4.79 Å². The van der Waals surface area contributed by atoms with Gasteiger partial charge in [0, 0.05) is 22.0 Å². The molecule has 1 rings (SSSR count). The van der Waals surface area contributed by atoms with E-state index in [0.29, 0.717) is 17.1 Å². The summed E-state index contributed by atoms with van der Waals surface area (Å²) in [6, 6.07) is 5.50. The molecule has 0 radical (unpaired) electrons. The molecule has 0 aliphatic carbocycles. The van der Waals surface area contributed by atoms with Crippen LogP contribution in [0.5, 0.6) is 0 Å². The number of rotatable bonds is 4. The number of benzene rings is 1. The van der Waals surface area contributed by atoms with Crippen LogP contribution in [-0.4, -0.2) is 17.4 Å². The van der Waals surface area contributed by atoms with Gasteiger partial charge in [-0.25, -0.2) is 0 Å². The first kappa shape index (κ1) is 15.1. The maximum atomic E-state index is 12.0. The highest BCUT2D eigenvalue weighted by Gasteiger charge is 2.22. The van der Waals surface area contributed by atoms with Gasteiger partial charge in [-0.15, -0.1) is 0 Å². The van der Waals surface area contributed by atoms with E-state index < -0.39 is 0 Å². The van der Waals surface area contributed by atoms with Crippen LogP contribution in [0.15, 0.2) is 22.7 Å². The van der Waals surface area contributed by atoms with Crippen molar-refractivity contribution >= 4 is 39.0 Å².